The number of hydrogen-bond acceptors (Lipinski definition) is 9. The molecule has 0 saturated carbocycles. The summed E-state index contributed by atoms with van der Waals surface area (Å²) in [5.74, 6) is -0.0155. The first-order chi connectivity index (χ1) is 11.5. The molecule has 1 aliphatic rings. The molecule has 1 aromatic carbocycles. The minimum Gasteiger partial charge on any atom is -0.535 e. The van der Waals surface area contributed by atoms with Crippen molar-refractivity contribution in [2.45, 2.75) is 29.1 Å². The number of nitrogens with zero attached hydrogens (tertiary/aromatic N) is 2. The first-order valence-electron chi connectivity index (χ1n) is 6.78. The molecule has 3 rings (SSSR count). The molecule has 1 aliphatic heterocycles. The van der Waals surface area contributed by atoms with Gasteiger partial charge in [-0.25, -0.2) is 0 Å². The van der Waals surface area contributed by atoms with Gasteiger partial charge >= 0.3 is 13.7 Å². The van der Waals surface area contributed by atoms with Crippen molar-refractivity contribution in [1.82, 2.24) is 10.2 Å². The summed E-state index contributed by atoms with van der Waals surface area (Å²) in [6.45, 7) is -3.57. The van der Waals surface area contributed by atoms with Crippen LogP contribution in [0.3, 0.4) is 0 Å². The van der Waals surface area contributed by atoms with Gasteiger partial charge in [-0.15, -0.1) is 10.2 Å². The van der Waals surface area contributed by atoms with E-state index in [-0.39, 0.29) is 22.2 Å². The van der Waals surface area contributed by atoms with Gasteiger partial charge in [0.15, 0.2) is 4.34 Å². The second-order valence-corrected chi connectivity index (χ2v) is 7.34. The van der Waals surface area contributed by atoms with Crippen LogP contribution in [0.25, 0.3) is 0 Å². The van der Waals surface area contributed by atoms with Crippen LogP contribution in [0, 0.1) is 0 Å². The van der Waals surface area contributed by atoms with Gasteiger partial charge in [-0.05, 0) is 18.1 Å². The fourth-order valence-corrected chi connectivity index (χ4v) is 4.28. The summed E-state index contributed by atoms with van der Waals surface area (Å²) in [7, 11) is -1.21. The van der Waals surface area contributed by atoms with Gasteiger partial charge in [0.05, 0.1) is 17.3 Å². The minimum absolute atomic E-state index is 0.0791. The third-order valence-corrected chi connectivity index (χ3v) is 5.40. The SMILES string of the molecule is Nc1nnc(S[C@H]2Cc3ccc(OC(F)F)c(CO)c3OB2O)s1. The van der Waals surface area contributed by atoms with E-state index in [9.17, 15) is 18.9 Å². The average Bonchev–Trinajstić information content (AvgIpc) is 2.93. The molecule has 0 spiro atoms. The Morgan fingerprint density at radius 1 is 1.50 bits per heavy atom. The molecular weight excluding hydrogens is 363 g/mol. The normalized spacial score (nSPS) is 16.9. The van der Waals surface area contributed by atoms with E-state index in [1.165, 1.54) is 29.2 Å². The van der Waals surface area contributed by atoms with Gasteiger partial charge in [0.1, 0.15) is 11.5 Å². The second kappa shape index (κ2) is 7.09. The highest BCUT2D eigenvalue weighted by molar-refractivity contribution is 8.02. The summed E-state index contributed by atoms with van der Waals surface area (Å²) in [5.41, 5.74) is 6.27. The molecule has 1 aromatic heterocycles. The first kappa shape index (κ1) is 17.2. The number of alkyl halides is 2. The zero-order valence-corrected chi connectivity index (χ0v) is 13.7. The zero-order chi connectivity index (χ0) is 17.3. The van der Waals surface area contributed by atoms with Crippen LogP contribution in [0.15, 0.2) is 16.5 Å². The molecule has 24 heavy (non-hydrogen) atoms. The predicted molar refractivity (Wildman–Crippen MR) is 85.3 cm³/mol. The predicted octanol–water partition coefficient (Wildman–Crippen LogP) is 1.33. The van der Waals surface area contributed by atoms with Gasteiger partial charge in [0.2, 0.25) is 5.13 Å². The van der Waals surface area contributed by atoms with E-state index in [0.29, 0.717) is 21.5 Å². The summed E-state index contributed by atoms with van der Waals surface area (Å²) in [4.78, 5) is 0. The van der Waals surface area contributed by atoms with Crippen LogP contribution in [-0.2, 0) is 13.0 Å². The summed E-state index contributed by atoms with van der Waals surface area (Å²) >= 11 is 2.45. The van der Waals surface area contributed by atoms with Crippen molar-refractivity contribution in [3.05, 3.63) is 23.3 Å². The second-order valence-electron chi connectivity index (χ2n) is 4.84. The van der Waals surface area contributed by atoms with Crippen molar-refractivity contribution in [3.8, 4) is 11.5 Å². The molecular formula is C12H12BF2N3O4S2. The standard InChI is InChI=1S/C12H12BF2N3O4S2/c14-10(15)21-7-2-1-5-3-8(23-12-18-17-11(16)24-12)13(20)22-9(5)6(7)4-19/h1-2,8,10,19-20H,3-4H2,(H2,16,17)/t8-/m0/s1. The molecule has 128 valence electrons. The number of nitrogens with two attached hydrogens (primary N) is 1. The van der Waals surface area contributed by atoms with E-state index >= 15 is 0 Å². The van der Waals surface area contributed by atoms with Crippen molar-refractivity contribution < 1.29 is 28.3 Å². The Morgan fingerprint density at radius 2 is 2.29 bits per heavy atom. The Bertz CT molecular complexity index is 736. The van der Waals surface area contributed by atoms with Crippen LogP contribution in [0.5, 0.6) is 11.5 Å². The number of halogens is 2. The number of aromatic nitrogens is 2. The number of hydrogen-bond donors (Lipinski definition) is 3. The zero-order valence-electron chi connectivity index (χ0n) is 12.1. The van der Waals surface area contributed by atoms with E-state index in [4.69, 9.17) is 10.4 Å². The van der Waals surface area contributed by atoms with Gasteiger partial charge in [0, 0.05) is 0 Å². The lowest BCUT2D eigenvalue weighted by molar-refractivity contribution is -0.0510. The quantitative estimate of drug-likeness (QED) is 0.672. The molecule has 0 saturated heterocycles. The van der Waals surface area contributed by atoms with Crippen LogP contribution >= 0.6 is 23.1 Å². The van der Waals surface area contributed by atoms with E-state index < -0.39 is 20.3 Å². The fourth-order valence-electron chi connectivity index (χ4n) is 2.33. The third-order valence-electron chi connectivity index (χ3n) is 3.33. The highest BCUT2D eigenvalue weighted by atomic mass is 32.2. The molecule has 0 radical (unpaired) electrons. The molecule has 1 atom stereocenters. The highest BCUT2D eigenvalue weighted by Crippen LogP contribution is 2.40. The van der Waals surface area contributed by atoms with Crippen LogP contribution < -0.4 is 15.1 Å². The number of nitrogen functional groups attached to an aromatic ring is 1. The van der Waals surface area contributed by atoms with Crippen LogP contribution in [-0.4, -0.2) is 39.2 Å². The van der Waals surface area contributed by atoms with Crippen molar-refractivity contribution >= 4 is 35.3 Å². The highest BCUT2D eigenvalue weighted by Gasteiger charge is 2.38. The largest absolute Gasteiger partial charge is 0.537 e. The van der Waals surface area contributed by atoms with Gasteiger partial charge in [-0.1, -0.05) is 29.2 Å². The Hall–Kier alpha value is -1.63. The molecule has 4 N–H and O–H groups in total. The molecule has 0 aliphatic carbocycles. The topological polar surface area (TPSA) is 111 Å². The van der Waals surface area contributed by atoms with Crippen molar-refractivity contribution in [3.63, 3.8) is 0 Å². The summed E-state index contributed by atoms with van der Waals surface area (Å²) in [6, 6.07) is 2.92. The maximum Gasteiger partial charge on any atom is 0.537 e. The number of fused-ring (bicyclic) bond motifs is 1. The van der Waals surface area contributed by atoms with Gasteiger partial charge in [0.25, 0.3) is 0 Å². The maximum absolute atomic E-state index is 12.4. The van der Waals surface area contributed by atoms with E-state index in [0.717, 1.165) is 0 Å². The van der Waals surface area contributed by atoms with Gasteiger partial charge in [-0.3, -0.25) is 0 Å². The third kappa shape index (κ3) is 3.56. The lowest BCUT2D eigenvalue weighted by atomic mass is 9.77. The number of anilines is 1. The molecule has 12 heteroatoms. The molecule has 0 amide bonds. The van der Waals surface area contributed by atoms with E-state index in [1.807, 2.05) is 0 Å². The monoisotopic (exact) mass is 375 g/mol. The smallest absolute Gasteiger partial charge is 0.535 e. The number of aliphatic hydroxyl groups is 1. The molecule has 2 aromatic rings. The number of aliphatic hydroxyl groups excluding tert-OH is 1. The summed E-state index contributed by atoms with van der Waals surface area (Å²) in [6.07, 6.45) is 0.391. The Balaban J connectivity index is 1.85. The molecule has 0 unspecified atom stereocenters. The maximum atomic E-state index is 12.4. The Morgan fingerprint density at radius 3 is 2.92 bits per heavy atom. The molecule has 0 bridgehead atoms. The van der Waals surface area contributed by atoms with Gasteiger partial charge in [-0.2, -0.15) is 8.78 Å². The number of rotatable bonds is 5. The first-order valence-corrected chi connectivity index (χ1v) is 8.48. The summed E-state index contributed by atoms with van der Waals surface area (Å²) < 4.78 is 35.3. The molecule has 2 heterocycles. The van der Waals surface area contributed by atoms with E-state index in [2.05, 4.69) is 14.9 Å². The van der Waals surface area contributed by atoms with Crippen LogP contribution in [0.4, 0.5) is 13.9 Å². The van der Waals surface area contributed by atoms with Crippen LogP contribution in [0.1, 0.15) is 11.1 Å². The lowest BCUT2D eigenvalue weighted by Gasteiger charge is -2.28. The number of benzene rings is 1. The number of thioether (sulfide) groups is 1. The Labute approximate surface area is 143 Å². The molecule has 0 fully saturated rings. The Kier molecular flexibility index (Phi) is 5.08. The number of ether oxygens (including phenoxy) is 1. The fraction of sp³-hybridized carbons (Fsp3) is 0.333. The lowest BCUT2D eigenvalue weighted by Crippen LogP contribution is -2.40. The van der Waals surface area contributed by atoms with Crippen molar-refractivity contribution in [1.29, 1.82) is 0 Å². The van der Waals surface area contributed by atoms with Gasteiger partial charge < -0.3 is 25.3 Å². The van der Waals surface area contributed by atoms with E-state index in [1.54, 1.807) is 6.07 Å². The van der Waals surface area contributed by atoms with Crippen LogP contribution in [0.2, 0.25) is 0 Å². The summed E-state index contributed by atoms with van der Waals surface area (Å²) in [5, 5.41) is 27.2. The average molecular weight is 375 g/mol. The molecule has 7 nitrogen and oxygen atoms in total. The van der Waals surface area contributed by atoms with Crippen molar-refractivity contribution in [2.24, 2.45) is 0 Å². The minimum atomic E-state index is -3.02. The van der Waals surface area contributed by atoms with Crippen molar-refractivity contribution in [2.75, 3.05) is 5.73 Å².